The highest BCUT2D eigenvalue weighted by Crippen LogP contribution is 2.27. The smallest absolute Gasteiger partial charge is 0.338 e. The third-order valence-electron chi connectivity index (χ3n) is 3.47. The van der Waals surface area contributed by atoms with Gasteiger partial charge in [-0.2, -0.15) is 0 Å². The second-order valence-electron chi connectivity index (χ2n) is 4.87. The van der Waals surface area contributed by atoms with Gasteiger partial charge in [-0.25, -0.2) is 9.78 Å². The van der Waals surface area contributed by atoms with Crippen molar-refractivity contribution in [1.29, 1.82) is 0 Å². The highest BCUT2D eigenvalue weighted by atomic mass is 16.6. The predicted octanol–water partition coefficient (Wildman–Crippen LogP) is 3.60. The fourth-order valence-corrected chi connectivity index (χ4v) is 2.38. The zero-order chi connectivity index (χ0) is 16.4. The number of aromatic nitrogens is 1. The van der Waals surface area contributed by atoms with Crippen LogP contribution in [0.4, 0.5) is 5.69 Å². The Morgan fingerprint density at radius 2 is 1.91 bits per heavy atom. The third kappa shape index (κ3) is 2.74. The molecule has 1 aromatic heterocycles. The summed E-state index contributed by atoms with van der Waals surface area (Å²) in [6, 6.07) is 14.9. The number of methoxy groups -OCH3 is 1. The predicted molar refractivity (Wildman–Crippen MR) is 85.2 cm³/mol. The molecule has 0 bridgehead atoms. The number of para-hydroxylation sites is 1. The van der Waals surface area contributed by atoms with Crippen LogP contribution in [0.1, 0.15) is 10.4 Å². The van der Waals surface area contributed by atoms with Gasteiger partial charge in [-0.05, 0) is 12.1 Å². The third-order valence-corrected chi connectivity index (χ3v) is 3.47. The quantitative estimate of drug-likeness (QED) is 0.419. The molecule has 3 aromatic rings. The van der Waals surface area contributed by atoms with Crippen molar-refractivity contribution in [2.75, 3.05) is 7.11 Å². The SMILES string of the molecule is COC(=O)c1cc(-c2cccc([N+](=O)[O-])c2)nc2ccccc12. The van der Waals surface area contributed by atoms with Gasteiger partial charge in [0.2, 0.25) is 0 Å². The Bertz CT molecular complexity index is 921. The van der Waals surface area contributed by atoms with E-state index in [1.165, 1.54) is 19.2 Å². The Kier molecular flexibility index (Phi) is 3.72. The van der Waals surface area contributed by atoms with Crippen molar-refractivity contribution in [2.45, 2.75) is 0 Å². The van der Waals surface area contributed by atoms with E-state index in [0.29, 0.717) is 27.7 Å². The van der Waals surface area contributed by atoms with Crippen LogP contribution in [0, 0.1) is 10.1 Å². The minimum absolute atomic E-state index is 0.0305. The molecule has 0 spiro atoms. The maximum absolute atomic E-state index is 12.0. The molecule has 1 heterocycles. The van der Waals surface area contributed by atoms with Crippen LogP contribution >= 0.6 is 0 Å². The number of nitro benzene ring substituents is 1. The number of benzene rings is 2. The first kappa shape index (κ1) is 14.6. The number of fused-ring (bicyclic) bond motifs is 1. The van der Waals surface area contributed by atoms with Gasteiger partial charge in [-0.1, -0.05) is 30.3 Å². The minimum atomic E-state index is -0.477. The van der Waals surface area contributed by atoms with E-state index in [4.69, 9.17) is 4.74 Å². The van der Waals surface area contributed by atoms with E-state index < -0.39 is 10.9 Å². The number of carbonyl (C=O) groups is 1. The molecule has 0 aliphatic heterocycles. The first-order chi connectivity index (χ1) is 11.1. The van der Waals surface area contributed by atoms with Crippen LogP contribution in [0.5, 0.6) is 0 Å². The van der Waals surface area contributed by atoms with Gasteiger partial charge in [0.15, 0.2) is 0 Å². The molecule has 0 unspecified atom stereocenters. The summed E-state index contributed by atoms with van der Waals surface area (Å²) >= 11 is 0. The van der Waals surface area contributed by atoms with Crippen molar-refractivity contribution in [1.82, 2.24) is 4.98 Å². The monoisotopic (exact) mass is 308 g/mol. The van der Waals surface area contributed by atoms with Crippen LogP contribution in [0.3, 0.4) is 0 Å². The number of carbonyl (C=O) groups excluding carboxylic acids is 1. The van der Waals surface area contributed by atoms with E-state index in [0.717, 1.165) is 0 Å². The molecular weight excluding hydrogens is 296 g/mol. The lowest BCUT2D eigenvalue weighted by Gasteiger charge is -2.08. The zero-order valence-electron chi connectivity index (χ0n) is 12.2. The molecule has 0 saturated carbocycles. The molecule has 2 aromatic carbocycles. The largest absolute Gasteiger partial charge is 0.465 e. The molecule has 6 heteroatoms. The summed E-state index contributed by atoms with van der Waals surface area (Å²) in [6.45, 7) is 0. The molecule has 0 radical (unpaired) electrons. The lowest BCUT2D eigenvalue weighted by molar-refractivity contribution is -0.384. The Balaban J connectivity index is 2.24. The van der Waals surface area contributed by atoms with E-state index in [1.807, 2.05) is 12.1 Å². The highest BCUT2D eigenvalue weighted by molar-refractivity contribution is 6.04. The zero-order valence-corrected chi connectivity index (χ0v) is 12.2. The number of nitrogens with zero attached hydrogens (tertiary/aromatic N) is 2. The Morgan fingerprint density at radius 1 is 1.13 bits per heavy atom. The number of hydrogen-bond donors (Lipinski definition) is 0. The molecule has 0 N–H and O–H groups in total. The van der Waals surface area contributed by atoms with Gasteiger partial charge in [0, 0.05) is 23.1 Å². The normalized spacial score (nSPS) is 10.5. The summed E-state index contributed by atoms with van der Waals surface area (Å²) < 4.78 is 4.82. The van der Waals surface area contributed by atoms with Gasteiger partial charge in [0.25, 0.3) is 5.69 Å². The number of rotatable bonds is 3. The average Bonchev–Trinajstić information content (AvgIpc) is 2.60. The van der Waals surface area contributed by atoms with Crippen molar-refractivity contribution in [3.63, 3.8) is 0 Å². The minimum Gasteiger partial charge on any atom is -0.465 e. The molecule has 0 aliphatic rings. The summed E-state index contributed by atoms with van der Waals surface area (Å²) in [5.74, 6) is -0.477. The molecule has 3 rings (SSSR count). The van der Waals surface area contributed by atoms with Gasteiger partial charge < -0.3 is 4.74 Å². The molecule has 0 amide bonds. The van der Waals surface area contributed by atoms with Crippen LogP contribution in [0.2, 0.25) is 0 Å². The van der Waals surface area contributed by atoms with E-state index in [-0.39, 0.29) is 5.69 Å². The van der Waals surface area contributed by atoms with E-state index >= 15 is 0 Å². The first-order valence-corrected chi connectivity index (χ1v) is 6.83. The summed E-state index contributed by atoms with van der Waals surface area (Å²) in [5, 5.41) is 11.6. The number of ether oxygens (including phenoxy) is 1. The van der Waals surface area contributed by atoms with Gasteiger partial charge in [-0.3, -0.25) is 10.1 Å². The summed E-state index contributed by atoms with van der Waals surface area (Å²) in [6.07, 6.45) is 0. The number of hydrogen-bond acceptors (Lipinski definition) is 5. The topological polar surface area (TPSA) is 82.3 Å². The Labute approximate surface area is 131 Å². The molecule has 0 aliphatic carbocycles. The maximum Gasteiger partial charge on any atom is 0.338 e. The standard InChI is InChI=1S/C17H12N2O4/c1-23-17(20)14-10-16(18-15-8-3-2-7-13(14)15)11-5-4-6-12(9-11)19(21)22/h2-10H,1H3. The lowest BCUT2D eigenvalue weighted by Crippen LogP contribution is -2.03. The van der Waals surface area contributed by atoms with E-state index in [2.05, 4.69) is 4.98 Å². The van der Waals surface area contributed by atoms with Crippen LogP contribution in [0.15, 0.2) is 54.6 Å². The van der Waals surface area contributed by atoms with Gasteiger partial charge in [-0.15, -0.1) is 0 Å². The lowest BCUT2D eigenvalue weighted by atomic mass is 10.0. The van der Waals surface area contributed by atoms with Gasteiger partial charge in [0.05, 0.1) is 28.8 Å². The molecule has 23 heavy (non-hydrogen) atoms. The fourth-order valence-electron chi connectivity index (χ4n) is 2.38. The molecule has 6 nitrogen and oxygen atoms in total. The fraction of sp³-hybridized carbons (Fsp3) is 0.0588. The van der Waals surface area contributed by atoms with Crippen molar-refractivity contribution >= 4 is 22.6 Å². The van der Waals surface area contributed by atoms with Crippen molar-refractivity contribution in [3.8, 4) is 11.3 Å². The van der Waals surface area contributed by atoms with Crippen molar-refractivity contribution in [2.24, 2.45) is 0 Å². The summed E-state index contributed by atoms with van der Waals surface area (Å²) in [5.41, 5.74) is 2.01. The van der Waals surface area contributed by atoms with E-state index in [1.54, 1.807) is 30.3 Å². The van der Waals surface area contributed by atoms with Crippen LogP contribution < -0.4 is 0 Å². The van der Waals surface area contributed by atoms with Crippen LogP contribution in [-0.2, 0) is 4.74 Å². The van der Waals surface area contributed by atoms with Crippen LogP contribution in [-0.4, -0.2) is 23.0 Å². The number of non-ortho nitro benzene ring substituents is 1. The first-order valence-electron chi connectivity index (χ1n) is 6.83. The summed E-state index contributed by atoms with van der Waals surface area (Å²) in [7, 11) is 1.31. The molecule has 114 valence electrons. The van der Waals surface area contributed by atoms with Crippen LogP contribution in [0.25, 0.3) is 22.2 Å². The second-order valence-corrected chi connectivity index (χ2v) is 4.87. The highest BCUT2D eigenvalue weighted by Gasteiger charge is 2.15. The maximum atomic E-state index is 12.0. The Hall–Kier alpha value is -3.28. The van der Waals surface area contributed by atoms with Crippen molar-refractivity contribution < 1.29 is 14.5 Å². The van der Waals surface area contributed by atoms with Gasteiger partial charge >= 0.3 is 5.97 Å². The van der Waals surface area contributed by atoms with Crippen molar-refractivity contribution in [3.05, 3.63) is 70.3 Å². The molecule has 0 fully saturated rings. The van der Waals surface area contributed by atoms with Gasteiger partial charge in [0.1, 0.15) is 0 Å². The molecular formula is C17H12N2O4. The van der Waals surface area contributed by atoms with E-state index in [9.17, 15) is 14.9 Å². The number of esters is 1. The average molecular weight is 308 g/mol. The molecule has 0 atom stereocenters. The molecule has 0 saturated heterocycles. The number of pyridine rings is 1. The Morgan fingerprint density at radius 3 is 2.65 bits per heavy atom. The second kappa shape index (κ2) is 5.84. The number of nitro groups is 1. The summed E-state index contributed by atoms with van der Waals surface area (Å²) in [4.78, 5) is 27.0.